The smallest absolute Gasteiger partial charge is 0.0768 e. The summed E-state index contributed by atoms with van der Waals surface area (Å²) in [7, 11) is 1.70. The third-order valence-corrected chi connectivity index (χ3v) is 3.06. The van der Waals surface area contributed by atoms with Gasteiger partial charge in [0.25, 0.3) is 0 Å². The Hall–Kier alpha value is -0.230. The predicted molar refractivity (Wildman–Crippen MR) is 75.4 cm³/mol. The maximum atomic E-state index is 5.61. The first-order valence-corrected chi connectivity index (χ1v) is 6.61. The Morgan fingerprint density at radius 2 is 2.06 bits per heavy atom. The first-order valence-electron chi connectivity index (χ1n) is 6.20. The molecule has 0 aromatic rings. The van der Waals surface area contributed by atoms with Crippen molar-refractivity contribution in [2.75, 3.05) is 46.6 Å². The first-order chi connectivity index (χ1) is 8.11. The van der Waals surface area contributed by atoms with Crippen LogP contribution in [0.25, 0.3) is 0 Å². The number of nitrogens with two attached hydrogens (primary N) is 1. The van der Waals surface area contributed by atoms with Crippen molar-refractivity contribution in [3.63, 3.8) is 0 Å². The molecule has 17 heavy (non-hydrogen) atoms. The third-order valence-electron chi connectivity index (χ3n) is 2.65. The summed E-state index contributed by atoms with van der Waals surface area (Å²) in [5.41, 5.74) is 5.61. The molecule has 0 spiro atoms. The summed E-state index contributed by atoms with van der Waals surface area (Å²) in [5, 5.41) is 0. The van der Waals surface area contributed by atoms with Crippen LogP contribution in [0.3, 0.4) is 0 Å². The lowest BCUT2D eigenvalue weighted by atomic mass is 10.1. The SMILES string of the molecule is CCN(CCOCCCOC)CC(C)C(N)=S. The molecule has 0 fully saturated rings. The maximum Gasteiger partial charge on any atom is 0.0768 e. The van der Waals surface area contributed by atoms with Crippen molar-refractivity contribution in [3.05, 3.63) is 0 Å². The van der Waals surface area contributed by atoms with Gasteiger partial charge in [0.2, 0.25) is 0 Å². The van der Waals surface area contributed by atoms with Crippen LogP contribution in [0.15, 0.2) is 0 Å². The number of ether oxygens (including phenoxy) is 2. The van der Waals surface area contributed by atoms with E-state index in [-0.39, 0.29) is 5.92 Å². The summed E-state index contributed by atoms with van der Waals surface area (Å²) >= 11 is 4.97. The average molecular weight is 262 g/mol. The third kappa shape index (κ3) is 9.47. The number of hydrogen-bond acceptors (Lipinski definition) is 4. The molecule has 0 radical (unpaired) electrons. The van der Waals surface area contributed by atoms with E-state index in [2.05, 4.69) is 18.7 Å². The van der Waals surface area contributed by atoms with Crippen LogP contribution >= 0.6 is 12.2 Å². The molecule has 0 aliphatic heterocycles. The Balaban J connectivity index is 3.57. The van der Waals surface area contributed by atoms with E-state index < -0.39 is 0 Å². The van der Waals surface area contributed by atoms with E-state index in [0.29, 0.717) is 4.99 Å². The van der Waals surface area contributed by atoms with Gasteiger partial charge in [0.1, 0.15) is 0 Å². The molecule has 5 heteroatoms. The lowest BCUT2D eigenvalue weighted by Gasteiger charge is -2.23. The lowest BCUT2D eigenvalue weighted by molar-refractivity contribution is 0.0835. The highest BCUT2D eigenvalue weighted by Gasteiger charge is 2.10. The van der Waals surface area contributed by atoms with Crippen LogP contribution < -0.4 is 5.73 Å². The zero-order valence-corrected chi connectivity index (χ0v) is 12.1. The molecule has 1 unspecified atom stereocenters. The van der Waals surface area contributed by atoms with Gasteiger partial charge in [-0.25, -0.2) is 0 Å². The fraction of sp³-hybridized carbons (Fsp3) is 0.917. The molecule has 0 saturated heterocycles. The molecule has 0 amide bonds. The van der Waals surface area contributed by atoms with Crippen molar-refractivity contribution in [1.29, 1.82) is 0 Å². The number of rotatable bonds is 11. The Morgan fingerprint density at radius 1 is 1.35 bits per heavy atom. The minimum absolute atomic E-state index is 0.262. The van der Waals surface area contributed by atoms with Crippen LogP contribution in [-0.2, 0) is 9.47 Å². The number of nitrogens with zero attached hydrogens (tertiary/aromatic N) is 1. The number of methoxy groups -OCH3 is 1. The van der Waals surface area contributed by atoms with Crippen molar-refractivity contribution in [2.45, 2.75) is 20.3 Å². The molecule has 102 valence electrons. The second-order valence-electron chi connectivity index (χ2n) is 4.16. The quantitative estimate of drug-likeness (QED) is 0.449. The monoisotopic (exact) mass is 262 g/mol. The summed E-state index contributed by atoms with van der Waals surface area (Å²) in [5.74, 6) is 0.262. The summed E-state index contributed by atoms with van der Waals surface area (Å²) in [6, 6.07) is 0. The van der Waals surface area contributed by atoms with E-state index in [4.69, 9.17) is 27.4 Å². The van der Waals surface area contributed by atoms with E-state index in [1.165, 1.54) is 0 Å². The summed E-state index contributed by atoms with van der Waals surface area (Å²) in [6.45, 7) is 9.30. The largest absolute Gasteiger partial charge is 0.393 e. The van der Waals surface area contributed by atoms with E-state index in [1.807, 2.05) is 0 Å². The van der Waals surface area contributed by atoms with Crippen LogP contribution in [0.2, 0.25) is 0 Å². The molecule has 4 nitrogen and oxygen atoms in total. The molecule has 0 bridgehead atoms. The molecule has 0 rings (SSSR count). The van der Waals surface area contributed by atoms with Crippen molar-refractivity contribution >= 4 is 17.2 Å². The molecule has 0 aromatic heterocycles. The zero-order valence-electron chi connectivity index (χ0n) is 11.3. The van der Waals surface area contributed by atoms with Crippen LogP contribution in [0, 0.1) is 5.92 Å². The summed E-state index contributed by atoms with van der Waals surface area (Å²) in [6.07, 6.45) is 0.950. The molecule has 0 saturated carbocycles. The Labute approximate surface area is 110 Å². The van der Waals surface area contributed by atoms with Crippen LogP contribution in [0.4, 0.5) is 0 Å². The standard InChI is InChI=1S/C12H26N2O2S/c1-4-14(10-11(2)12(13)17)6-9-16-8-5-7-15-3/h11H,4-10H2,1-3H3,(H2,13,17). The van der Waals surface area contributed by atoms with E-state index >= 15 is 0 Å². The Kier molecular flexibility index (Phi) is 10.7. The molecule has 0 aromatic carbocycles. The normalized spacial score (nSPS) is 12.9. The van der Waals surface area contributed by atoms with Crippen molar-refractivity contribution < 1.29 is 9.47 Å². The van der Waals surface area contributed by atoms with Crippen LogP contribution in [-0.4, -0.2) is 56.5 Å². The predicted octanol–water partition coefficient (Wildman–Crippen LogP) is 1.28. The number of hydrogen-bond donors (Lipinski definition) is 1. The molecule has 0 aliphatic rings. The number of likely N-dealkylation sites (N-methyl/N-ethyl adjacent to an activating group) is 1. The van der Waals surface area contributed by atoms with Crippen molar-refractivity contribution in [3.8, 4) is 0 Å². The molecular formula is C12H26N2O2S. The van der Waals surface area contributed by atoms with Crippen LogP contribution in [0.5, 0.6) is 0 Å². The van der Waals surface area contributed by atoms with Crippen molar-refractivity contribution in [1.82, 2.24) is 4.90 Å². The second-order valence-corrected chi connectivity index (χ2v) is 4.63. The highest BCUT2D eigenvalue weighted by molar-refractivity contribution is 7.80. The van der Waals surface area contributed by atoms with Gasteiger partial charge in [0.15, 0.2) is 0 Å². The molecular weight excluding hydrogens is 236 g/mol. The van der Waals surface area contributed by atoms with Gasteiger partial charge in [-0.15, -0.1) is 0 Å². The van der Waals surface area contributed by atoms with E-state index in [1.54, 1.807) is 7.11 Å². The Morgan fingerprint density at radius 3 is 2.59 bits per heavy atom. The van der Waals surface area contributed by atoms with Gasteiger partial charge in [-0.2, -0.15) is 0 Å². The lowest BCUT2D eigenvalue weighted by Crippen LogP contribution is -2.36. The highest BCUT2D eigenvalue weighted by atomic mass is 32.1. The molecule has 1 atom stereocenters. The van der Waals surface area contributed by atoms with Gasteiger partial charge < -0.3 is 20.1 Å². The topological polar surface area (TPSA) is 47.7 Å². The van der Waals surface area contributed by atoms with Gasteiger partial charge in [-0.3, -0.25) is 0 Å². The second kappa shape index (κ2) is 10.9. The minimum atomic E-state index is 0.262. The van der Waals surface area contributed by atoms with E-state index in [0.717, 1.165) is 45.9 Å². The van der Waals surface area contributed by atoms with Crippen LogP contribution in [0.1, 0.15) is 20.3 Å². The number of thiocarbonyl (C=S) groups is 1. The van der Waals surface area contributed by atoms with Gasteiger partial charge >= 0.3 is 0 Å². The fourth-order valence-electron chi connectivity index (χ4n) is 1.46. The van der Waals surface area contributed by atoms with Gasteiger partial charge in [-0.1, -0.05) is 26.1 Å². The molecule has 0 aliphatic carbocycles. The Bertz CT molecular complexity index is 203. The van der Waals surface area contributed by atoms with Gasteiger partial charge in [0, 0.05) is 39.3 Å². The van der Waals surface area contributed by atoms with E-state index in [9.17, 15) is 0 Å². The minimum Gasteiger partial charge on any atom is -0.393 e. The van der Waals surface area contributed by atoms with Gasteiger partial charge in [0.05, 0.1) is 11.6 Å². The highest BCUT2D eigenvalue weighted by Crippen LogP contribution is 2.00. The summed E-state index contributed by atoms with van der Waals surface area (Å²) < 4.78 is 10.5. The molecule has 2 N–H and O–H groups in total. The average Bonchev–Trinajstić information content (AvgIpc) is 2.31. The fourth-order valence-corrected chi connectivity index (χ4v) is 1.53. The summed E-state index contributed by atoms with van der Waals surface area (Å²) in [4.78, 5) is 2.89. The van der Waals surface area contributed by atoms with Crippen molar-refractivity contribution in [2.24, 2.45) is 11.7 Å². The zero-order chi connectivity index (χ0) is 13.1. The molecule has 0 heterocycles. The maximum absolute atomic E-state index is 5.61. The first kappa shape index (κ1) is 16.8. The van der Waals surface area contributed by atoms with Gasteiger partial charge in [-0.05, 0) is 13.0 Å².